The molecule has 19 heavy (non-hydrogen) atoms. The van der Waals surface area contributed by atoms with Crippen LogP contribution in [0.5, 0.6) is 0 Å². The van der Waals surface area contributed by atoms with Crippen LogP contribution in [-0.2, 0) is 0 Å². The second-order valence-corrected chi connectivity index (χ2v) is 6.41. The van der Waals surface area contributed by atoms with E-state index in [1.165, 1.54) is 36.1 Å². The Morgan fingerprint density at radius 2 is 1.95 bits per heavy atom. The number of Topliss-reactive ketones (excluding diaryl/α,β-unsaturated/α-hetero) is 1. The molecule has 1 aromatic heterocycles. The number of benzene rings is 1. The van der Waals surface area contributed by atoms with Gasteiger partial charge >= 0.3 is 0 Å². The summed E-state index contributed by atoms with van der Waals surface area (Å²) >= 11 is 2.48. The van der Waals surface area contributed by atoms with Crippen molar-refractivity contribution in [1.29, 1.82) is 0 Å². The molecule has 1 heterocycles. The lowest BCUT2D eigenvalue weighted by molar-refractivity contribution is -0.387. The van der Waals surface area contributed by atoms with E-state index in [4.69, 9.17) is 0 Å². The fourth-order valence-corrected chi connectivity index (χ4v) is 3.65. The Labute approximate surface area is 118 Å². The molecule has 0 aliphatic rings. The zero-order valence-electron chi connectivity index (χ0n) is 10.4. The van der Waals surface area contributed by atoms with Crippen LogP contribution in [0.4, 0.5) is 5.69 Å². The molecule has 0 fully saturated rings. The number of hydrogen-bond donors (Lipinski definition) is 0. The van der Waals surface area contributed by atoms with Gasteiger partial charge in [-0.3, -0.25) is 14.9 Å². The summed E-state index contributed by atoms with van der Waals surface area (Å²) in [6, 6.07) is 9.08. The van der Waals surface area contributed by atoms with Crippen molar-refractivity contribution in [2.24, 2.45) is 0 Å². The predicted octanol–water partition coefficient (Wildman–Crippen LogP) is 4.32. The van der Waals surface area contributed by atoms with Crippen LogP contribution in [0.2, 0.25) is 0 Å². The molecule has 0 N–H and O–H groups in total. The Hall–Kier alpha value is -1.66. The Bertz CT molecular complexity index is 632. The highest BCUT2D eigenvalue weighted by molar-refractivity contribution is 8.01. The summed E-state index contributed by atoms with van der Waals surface area (Å²) in [4.78, 5) is 23.2. The number of hydrogen-bond acceptors (Lipinski definition) is 5. The lowest BCUT2D eigenvalue weighted by Gasteiger charge is -1.99. The maximum atomic E-state index is 11.3. The van der Waals surface area contributed by atoms with Gasteiger partial charge in [0.15, 0.2) is 5.78 Å². The number of nitrogens with zero attached hydrogens (tertiary/aromatic N) is 1. The first-order valence-corrected chi connectivity index (χ1v) is 7.14. The third-order valence-electron chi connectivity index (χ3n) is 2.45. The van der Waals surface area contributed by atoms with E-state index in [9.17, 15) is 14.9 Å². The normalized spacial score (nSPS) is 10.4. The Kier molecular flexibility index (Phi) is 4.01. The van der Waals surface area contributed by atoms with Gasteiger partial charge in [-0.2, -0.15) is 0 Å². The Balaban J connectivity index is 2.35. The van der Waals surface area contributed by atoms with Crippen molar-refractivity contribution in [3.8, 4) is 0 Å². The Morgan fingerprint density at radius 1 is 1.32 bits per heavy atom. The van der Waals surface area contributed by atoms with Gasteiger partial charge in [0.2, 0.25) is 0 Å². The van der Waals surface area contributed by atoms with Crippen LogP contribution >= 0.6 is 23.1 Å². The van der Waals surface area contributed by atoms with Gasteiger partial charge in [-0.15, -0.1) is 11.3 Å². The summed E-state index contributed by atoms with van der Waals surface area (Å²) in [7, 11) is 0. The first-order valence-electron chi connectivity index (χ1n) is 5.51. The molecule has 98 valence electrons. The maximum absolute atomic E-state index is 11.3. The number of aryl methyl sites for hydroxylation is 1. The van der Waals surface area contributed by atoms with Gasteiger partial charge in [0.05, 0.1) is 9.80 Å². The first kappa shape index (κ1) is 13.8. The topological polar surface area (TPSA) is 60.2 Å². The molecule has 0 bridgehead atoms. The summed E-state index contributed by atoms with van der Waals surface area (Å²) in [6.45, 7) is 3.39. The first-order chi connectivity index (χ1) is 8.97. The molecule has 0 saturated heterocycles. The third-order valence-corrected chi connectivity index (χ3v) is 4.88. The molecule has 0 unspecified atom stereocenters. The summed E-state index contributed by atoms with van der Waals surface area (Å²) < 4.78 is 0.541. The summed E-state index contributed by atoms with van der Waals surface area (Å²) in [5.41, 5.74) is 1.13. The minimum absolute atomic E-state index is 0.000718. The van der Waals surface area contributed by atoms with Gasteiger partial charge in [0, 0.05) is 11.0 Å². The predicted molar refractivity (Wildman–Crippen MR) is 76.3 cm³/mol. The van der Waals surface area contributed by atoms with Gasteiger partial charge in [-0.05, 0) is 26.0 Å². The summed E-state index contributed by atoms with van der Waals surface area (Å²) in [5.74, 6) is -0.149. The average Bonchev–Trinajstić information content (AvgIpc) is 2.76. The van der Waals surface area contributed by atoms with Crippen LogP contribution in [0.1, 0.15) is 22.2 Å². The Morgan fingerprint density at radius 3 is 2.47 bits per heavy atom. The van der Waals surface area contributed by atoms with E-state index in [-0.39, 0.29) is 11.5 Å². The highest BCUT2D eigenvalue weighted by Crippen LogP contribution is 2.41. The summed E-state index contributed by atoms with van der Waals surface area (Å²) in [5, 5.41) is 11.0. The maximum Gasteiger partial charge on any atom is 0.294 e. The van der Waals surface area contributed by atoms with Gasteiger partial charge in [0.25, 0.3) is 5.69 Å². The number of nitro groups is 1. The third kappa shape index (κ3) is 3.21. The van der Waals surface area contributed by atoms with Crippen LogP contribution in [0.3, 0.4) is 0 Å². The van der Waals surface area contributed by atoms with E-state index < -0.39 is 4.92 Å². The number of carbonyl (C=O) groups excluding carboxylic acids is 1. The molecule has 4 nitrogen and oxygen atoms in total. The van der Waals surface area contributed by atoms with Gasteiger partial charge in [0.1, 0.15) is 4.21 Å². The smallest absolute Gasteiger partial charge is 0.294 e. The fourth-order valence-electron chi connectivity index (χ4n) is 1.45. The molecule has 0 saturated carbocycles. The molecule has 0 aliphatic carbocycles. The van der Waals surface area contributed by atoms with E-state index >= 15 is 0 Å². The molecule has 0 atom stereocenters. The van der Waals surface area contributed by atoms with Crippen LogP contribution < -0.4 is 0 Å². The van der Waals surface area contributed by atoms with Crippen molar-refractivity contribution in [2.45, 2.75) is 23.0 Å². The van der Waals surface area contributed by atoms with Crippen LogP contribution in [0.25, 0.3) is 0 Å². The van der Waals surface area contributed by atoms with Gasteiger partial charge < -0.3 is 0 Å². The quantitative estimate of drug-likeness (QED) is 0.478. The van der Waals surface area contributed by atoms with Crippen molar-refractivity contribution in [3.63, 3.8) is 0 Å². The van der Waals surface area contributed by atoms with Crippen LogP contribution in [-0.4, -0.2) is 10.7 Å². The molecule has 0 amide bonds. The highest BCUT2D eigenvalue weighted by Gasteiger charge is 2.21. The second-order valence-electron chi connectivity index (χ2n) is 4.01. The van der Waals surface area contributed by atoms with Gasteiger partial charge in [-0.25, -0.2) is 0 Å². The van der Waals surface area contributed by atoms with E-state index in [1.807, 2.05) is 31.2 Å². The molecular formula is C13H11NO3S2. The SMILES string of the molecule is CC(=O)c1cc([N+](=O)[O-])c(Sc2ccc(C)cc2)s1. The molecular weight excluding hydrogens is 282 g/mol. The number of carbonyl (C=O) groups is 1. The van der Waals surface area contributed by atoms with Crippen molar-refractivity contribution in [2.75, 3.05) is 0 Å². The van der Waals surface area contributed by atoms with Gasteiger partial charge in [-0.1, -0.05) is 29.5 Å². The molecule has 0 aliphatic heterocycles. The summed E-state index contributed by atoms with van der Waals surface area (Å²) in [6.07, 6.45) is 0. The lowest BCUT2D eigenvalue weighted by atomic mass is 10.2. The second kappa shape index (κ2) is 5.54. The molecule has 2 rings (SSSR count). The van der Waals surface area contributed by atoms with Crippen LogP contribution in [0.15, 0.2) is 39.4 Å². The minimum atomic E-state index is -0.445. The fraction of sp³-hybridized carbons (Fsp3) is 0.154. The van der Waals surface area contributed by atoms with E-state index in [0.717, 1.165) is 10.5 Å². The minimum Gasteiger partial charge on any atom is -0.294 e. The van der Waals surface area contributed by atoms with Crippen molar-refractivity contribution < 1.29 is 9.72 Å². The molecule has 0 radical (unpaired) electrons. The molecule has 6 heteroatoms. The van der Waals surface area contributed by atoms with E-state index in [1.54, 1.807) is 0 Å². The lowest BCUT2D eigenvalue weighted by Crippen LogP contribution is -1.87. The number of thiophene rings is 1. The zero-order valence-corrected chi connectivity index (χ0v) is 12.0. The van der Waals surface area contributed by atoms with Crippen molar-refractivity contribution >= 4 is 34.6 Å². The average molecular weight is 293 g/mol. The highest BCUT2D eigenvalue weighted by atomic mass is 32.2. The monoisotopic (exact) mass is 293 g/mol. The molecule has 2 aromatic rings. The largest absolute Gasteiger partial charge is 0.294 e. The van der Waals surface area contributed by atoms with Crippen molar-refractivity contribution in [1.82, 2.24) is 0 Å². The van der Waals surface area contributed by atoms with Crippen LogP contribution in [0, 0.1) is 17.0 Å². The van der Waals surface area contributed by atoms with E-state index in [2.05, 4.69) is 0 Å². The number of rotatable bonds is 4. The molecule has 0 spiro atoms. The van der Waals surface area contributed by atoms with E-state index in [0.29, 0.717) is 9.09 Å². The molecule has 1 aromatic carbocycles. The van der Waals surface area contributed by atoms with Crippen molar-refractivity contribution in [3.05, 3.63) is 50.9 Å². The number of ketones is 1. The zero-order chi connectivity index (χ0) is 14.0. The standard InChI is InChI=1S/C13H11NO3S2/c1-8-3-5-10(6-4-8)18-13-11(14(16)17)7-12(19-13)9(2)15/h3-7H,1-2H3.